The van der Waals surface area contributed by atoms with Crippen LogP contribution < -0.4 is 0 Å². The van der Waals surface area contributed by atoms with E-state index in [4.69, 9.17) is 0 Å². The largest absolute Gasteiger partial charge is 0.468 e. The molecule has 106 valence electrons. The van der Waals surface area contributed by atoms with Crippen molar-refractivity contribution in [1.82, 2.24) is 4.90 Å². The van der Waals surface area contributed by atoms with E-state index in [0.29, 0.717) is 0 Å². The third kappa shape index (κ3) is 4.88. The molecule has 0 spiro atoms. The highest BCUT2D eigenvalue weighted by atomic mass is 32.2. The molecule has 0 N–H and O–H groups in total. The first-order valence-electron chi connectivity index (χ1n) is 6.27. The molecule has 0 aromatic rings. The monoisotopic (exact) mass is 275 g/mol. The third-order valence-corrected chi connectivity index (χ3v) is 3.87. The highest BCUT2D eigenvalue weighted by Gasteiger charge is 2.28. The maximum atomic E-state index is 12.3. The number of ether oxygens (including phenoxy) is 1. The van der Waals surface area contributed by atoms with Crippen molar-refractivity contribution >= 4 is 23.6 Å². The van der Waals surface area contributed by atoms with Gasteiger partial charge >= 0.3 is 5.97 Å². The molecule has 0 aliphatic carbocycles. The van der Waals surface area contributed by atoms with Crippen LogP contribution in [-0.2, 0) is 14.3 Å². The summed E-state index contributed by atoms with van der Waals surface area (Å²) < 4.78 is 4.66. The van der Waals surface area contributed by atoms with Gasteiger partial charge in [0.1, 0.15) is 5.25 Å². The number of carbonyl (C=O) groups is 2. The Hall–Kier alpha value is -0.710. The Morgan fingerprint density at radius 3 is 1.72 bits per heavy atom. The molecule has 0 aliphatic heterocycles. The van der Waals surface area contributed by atoms with Crippen LogP contribution in [0.15, 0.2) is 0 Å². The minimum Gasteiger partial charge on any atom is -0.468 e. The van der Waals surface area contributed by atoms with Gasteiger partial charge in [0.2, 0.25) is 5.91 Å². The first kappa shape index (κ1) is 17.3. The average Bonchev–Trinajstić information content (AvgIpc) is 2.26. The number of esters is 1. The predicted molar refractivity (Wildman–Crippen MR) is 75.6 cm³/mol. The van der Waals surface area contributed by atoms with E-state index in [2.05, 4.69) is 4.74 Å². The first-order chi connectivity index (χ1) is 8.22. The lowest BCUT2D eigenvalue weighted by atomic mass is 10.2. The third-order valence-electron chi connectivity index (χ3n) is 2.66. The zero-order chi connectivity index (χ0) is 14.5. The molecule has 1 amide bonds. The SMILES string of the molecule is COC(=O)C(C)SC(C)C(=O)N(C(C)C)C(C)C. The fraction of sp³-hybridized carbons (Fsp3) is 0.846. The highest BCUT2D eigenvalue weighted by Crippen LogP contribution is 2.22. The number of methoxy groups -OCH3 is 1. The quantitative estimate of drug-likeness (QED) is 0.698. The molecule has 4 nitrogen and oxygen atoms in total. The van der Waals surface area contributed by atoms with E-state index < -0.39 is 0 Å². The van der Waals surface area contributed by atoms with Gasteiger partial charge in [-0.15, -0.1) is 11.8 Å². The van der Waals surface area contributed by atoms with Gasteiger partial charge in [-0.05, 0) is 41.5 Å². The van der Waals surface area contributed by atoms with Crippen molar-refractivity contribution in [2.75, 3.05) is 7.11 Å². The Morgan fingerprint density at radius 1 is 0.944 bits per heavy atom. The Bertz CT molecular complexity index is 284. The first-order valence-corrected chi connectivity index (χ1v) is 7.22. The Kier molecular flexibility index (Phi) is 7.36. The van der Waals surface area contributed by atoms with Gasteiger partial charge in [-0.2, -0.15) is 0 Å². The summed E-state index contributed by atoms with van der Waals surface area (Å²) in [4.78, 5) is 25.5. The fourth-order valence-corrected chi connectivity index (χ4v) is 2.96. The highest BCUT2D eigenvalue weighted by molar-refractivity contribution is 8.01. The smallest absolute Gasteiger partial charge is 0.318 e. The van der Waals surface area contributed by atoms with Crippen molar-refractivity contribution < 1.29 is 14.3 Å². The zero-order valence-electron chi connectivity index (χ0n) is 12.4. The summed E-state index contributed by atoms with van der Waals surface area (Å²) in [7, 11) is 1.36. The van der Waals surface area contributed by atoms with Crippen molar-refractivity contribution in [3.8, 4) is 0 Å². The second-order valence-electron chi connectivity index (χ2n) is 4.88. The molecule has 0 radical (unpaired) electrons. The number of carbonyl (C=O) groups excluding carboxylic acids is 2. The second kappa shape index (κ2) is 7.67. The van der Waals surface area contributed by atoms with Gasteiger partial charge in [0.25, 0.3) is 0 Å². The summed E-state index contributed by atoms with van der Waals surface area (Å²) in [6, 6.07) is 0.322. The number of rotatable bonds is 6. The molecule has 2 atom stereocenters. The molecule has 0 aromatic heterocycles. The van der Waals surface area contributed by atoms with E-state index in [1.54, 1.807) is 6.92 Å². The van der Waals surface area contributed by atoms with E-state index in [9.17, 15) is 9.59 Å². The molecule has 0 fully saturated rings. The number of hydrogen-bond acceptors (Lipinski definition) is 4. The molecule has 18 heavy (non-hydrogen) atoms. The van der Waals surface area contributed by atoms with Gasteiger partial charge in [-0.3, -0.25) is 9.59 Å². The number of hydrogen-bond donors (Lipinski definition) is 0. The number of nitrogens with zero attached hydrogens (tertiary/aromatic N) is 1. The van der Waals surface area contributed by atoms with Crippen LogP contribution in [0.5, 0.6) is 0 Å². The van der Waals surface area contributed by atoms with Crippen LogP contribution in [0.3, 0.4) is 0 Å². The zero-order valence-corrected chi connectivity index (χ0v) is 13.2. The maximum absolute atomic E-state index is 12.3. The van der Waals surface area contributed by atoms with Crippen LogP contribution >= 0.6 is 11.8 Å². The van der Waals surface area contributed by atoms with E-state index in [1.807, 2.05) is 39.5 Å². The molecule has 2 unspecified atom stereocenters. The molecule has 0 bridgehead atoms. The second-order valence-corrected chi connectivity index (χ2v) is 6.56. The Labute approximate surface area is 114 Å². The Morgan fingerprint density at radius 2 is 1.39 bits per heavy atom. The van der Waals surface area contributed by atoms with Gasteiger partial charge in [0.15, 0.2) is 0 Å². The van der Waals surface area contributed by atoms with E-state index in [1.165, 1.54) is 18.9 Å². The minimum atomic E-state index is -0.324. The molecule has 0 aromatic carbocycles. The summed E-state index contributed by atoms with van der Waals surface area (Å²) in [5.74, 6) is -0.221. The van der Waals surface area contributed by atoms with Crippen LogP contribution in [0.1, 0.15) is 41.5 Å². The average molecular weight is 275 g/mol. The molecule has 0 saturated heterocycles. The van der Waals surface area contributed by atoms with E-state index >= 15 is 0 Å². The predicted octanol–water partition coefficient (Wildman–Crippen LogP) is 2.32. The summed E-state index contributed by atoms with van der Waals surface area (Å²) in [5, 5.41) is -0.570. The molecule has 5 heteroatoms. The molecule has 0 rings (SSSR count). The minimum absolute atomic E-state index is 0.0701. The lowest BCUT2D eigenvalue weighted by Crippen LogP contribution is -2.46. The standard InChI is InChI=1S/C13H25NO3S/c1-8(2)14(9(3)4)12(15)10(5)18-11(6)13(16)17-7/h8-11H,1-7H3. The van der Waals surface area contributed by atoms with Gasteiger partial charge < -0.3 is 9.64 Å². The summed E-state index contributed by atoms with van der Waals surface area (Å²) in [6.07, 6.45) is 0. The number of amides is 1. The fourth-order valence-electron chi connectivity index (χ4n) is 1.90. The lowest BCUT2D eigenvalue weighted by Gasteiger charge is -2.33. The van der Waals surface area contributed by atoms with Crippen LogP contribution in [-0.4, -0.2) is 46.5 Å². The van der Waals surface area contributed by atoms with Crippen LogP contribution in [0.2, 0.25) is 0 Å². The molecule has 0 aliphatic rings. The van der Waals surface area contributed by atoms with Crippen molar-refractivity contribution in [2.45, 2.75) is 64.1 Å². The van der Waals surface area contributed by atoms with E-state index in [-0.39, 0.29) is 34.5 Å². The topological polar surface area (TPSA) is 46.6 Å². The summed E-state index contributed by atoms with van der Waals surface area (Å²) in [6.45, 7) is 11.6. The Balaban J connectivity index is 4.62. The summed E-state index contributed by atoms with van der Waals surface area (Å²) in [5.41, 5.74) is 0. The van der Waals surface area contributed by atoms with Crippen molar-refractivity contribution in [2.24, 2.45) is 0 Å². The van der Waals surface area contributed by atoms with Crippen molar-refractivity contribution in [3.63, 3.8) is 0 Å². The summed E-state index contributed by atoms with van der Waals surface area (Å²) >= 11 is 1.34. The normalized spacial score (nSPS) is 14.5. The molecular formula is C13H25NO3S. The van der Waals surface area contributed by atoms with Gasteiger partial charge in [0.05, 0.1) is 12.4 Å². The lowest BCUT2D eigenvalue weighted by molar-refractivity contribution is -0.139. The van der Waals surface area contributed by atoms with E-state index in [0.717, 1.165) is 0 Å². The van der Waals surface area contributed by atoms with Crippen molar-refractivity contribution in [3.05, 3.63) is 0 Å². The van der Waals surface area contributed by atoms with Gasteiger partial charge in [-0.1, -0.05) is 0 Å². The van der Waals surface area contributed by atoms with Crippen LogP contribution in [0, 0.1) is 0 Å². The van der Waals surface area contributed by atoms with Crippen LogP contribution in [0.25, 0.3) is 0 Å². The van der Waals surface area contributed by atoms with Crippen LogP contribution in [0.4, 0.5) is 0 Å². The molecule has 0 saturated carbocycles. The molecular weight excluding hydrogens is 250 g/mol. The van der Waals surface area contributed by atoms with Gasteiger partial charge in [-0.25, -0.2) is 0 Å². The van der Waals surface area contributed by atoms with Crippen molar-refractivity contribution in [1.29, 1.82) is 0 Å². The number of thioether (sulfide) groups is 1. The molecule has 0 heterocycles. The maximum Gasteiger partial charge on any atom is 0.318 e. The van der Waals surface area contributed by atoms with Gasteiger partial charge in [0, 0.05) is 12.1 Å².